The first-order chi connectivity index (χ1) is 6.79. The minimum absolute atomic E-state index is 0.169. The Hall–Kier alpha value is -1.70. The van der Waals surface area contributed by atoms with Crippen molar-refractivity contribution < 1.29 is 10.2 Å². The SMILES string of the molecule is C1=CCC=CC1.Oc1ccc(O)cc1. The molecule has 74 valence electrons. The summed E-state index contributed by atoms with van der Waals surface area (Å²) < 4.78 is 0. The van der Waals surface area contributed by atoms with Gasteiger partial charge in [0, 0.05) is 0 Å². The lowest BCUT2D eigenvalue weighted by Crippen LogP contribution is -1.66. The van der Waals surface area contributed by atoms with Gasteiger partial charge in [-0.1, -0.05) is 24.3 Å². The van der Waals surface area contributed by atoms with Crippen molar-refractivity contribution in [2.24, 2.45) is 0 Å². The lowest BCUT2D eigenvalue weighted by molar-refractivity contribution is 0.460. The molecule has 1 aromatic carbocycles. The molecule has 2 heteroatoms. The van der Waals surface area contributed by atoms with Gasteiger partial charge in [-0.15, -0.1) is 0 Å². The molecule has 1 aromatic rings. The normalized spacial score (nSPS) is 13.1. The van der Waals surface area contributed by atoms with Crippen LogP contribution in [0.1, 0.15) is 12.8 Å². The van der Waals surface area contributed by atoms with Crippen molar-refractivity contribution in [1.82, 2.24) is 0 Å². The van der Waals surface area contributed by atoms with E-state index in [2.05, 4.69) is 24.3 Å². The number of rotatable bonds is 0. The van der Waals surface area contributed by atoms with Gasteiger partial charge in [0.25, 0.3) is 0 Å². The number of benzene rings is 1. The number of allylic oxidation sites excluding steroid dienone is 4. The van der Waals surface area contributed by atoms with Crippen molar-refractivity contribution in [2.75, 3.05) is 0 Å². The van der Waals surface area contributed by atoms with Gasteiger partial charge in [0.15, 0.2) is 0 Å². The zero-order chi connectivity index (χ0) is 10.2. The highest BCUT2D eigenvalue weighted by Gasteiger charge is 1.84. The molecule has 14 heavy (non-hydrogen) atoms. The number of phenolic OH excluding ortho intramolecular Hbond substituents is 2. The summed E-state index contributed by atoms with van der Waals surface area (Å²) in [6.07, 6.45) is 11.0. The summed E-state index contributed by atoms with van der Waals surface area (Å²) in [4.78, 5) is 0. The topological polar surface area (TPSA) is 40.5 Å². The molecule has 0 radical (unpaired) electrons. The van der Waals surface area contributed by atoms with Crippen LogP contribution < -0.4 is 0 Å². The maximum atomic E-state index is 8.65. The van der Waals surface area contributed by atoms with Crippen LogP contribution in [0.5, 0.6) is 11.5 Å². The second kappa shape index (κ2) is 5.86. The molecule has 0 saturated carbocycles. The van der Waals surface area contributed by atoms with Crippen molar-refractivity contribution in [2.45, 2.75) is 12.8 Å². The fourth-order valence-electron chi connectivity index (χ4n) is 0.995. The van der Waals surface area contributed by atoms with Crippen molar-refractivity contribution in [1.29, 1.82) is 0 Å². The largest absolute Gasteiger partial charge is 0.508 e. The molecular weight excluding hydrogens is 176 g/mol. The number of hydrogen-bond acceptors (Lipinski definition) is 2. The minimum Gasteiger partial charge on any atom is -0.508 e. The smallest absolute Gasteiger partial charge is 0.115 e. The molecular formula is C12H14O2. The summed E-state index contributed by atoms with van der Waals surface area (Å²) in [7, 11) is 0. The zero-order valence-corrected chi connectivity index (χ0v) is 7.93. The predicted molar refractivity (Wildman–Crippen MR) is 57.3 cm³/mol. The second-order valence-electron chi connectivity index (χ2n) is 2.93. The Morgan fingerprint density at radius 3 is 1.14 bits per heavy atom. The van der Waals surface area contributed by atoms with Gasteiger partial charge < -0.3 is 10.2 Å². The van der Waals surface area contributed by atoms with E-state index in [0.29, 0.717) is 0 Å². The fourth-order valence-corrected chi connectivity index (χ4v) is 0.995. The molecule has 0 aromatic heterocycles. The highest BCUT2D eigenvalue weighted by Crippen LogP contribution is 2.13. The first kappa shape index (κ1) is 10.4. The van der Waals surface area contributed by atoms with Crippen molar-refractivity contribution in [3.63, 3.8) is 0 Å². The van der Waals surface area contributed by atoms with Crippen molar-refractivity contribution in [3.8, 4) is 11.5 Å². The van der Waals surface area contributed by atoms with E-state index < -0.39 is 0 Å². The third-order valence-corrected chi connectivity index (χ3v) is 1.73. The Bertz CT molecular complexity index is 269. The van der Waals surface area contributed by atoms with Crippen LogP contribution in [0.2, 0.25) is 0 Å². The van der Waals surface area contributed by atoms with Gasteiger partial charge >= 0.3 is 0 Å². The Kier molecular flexibility index (Phi) is 4.35. The summed E-state index contributed by atoms with van der Waals surface area (Å²) >= 11 is 0. The second-order valence-corrected chi connectivity index (χ2v) is 2.93. The zero-order valence-electron chi connectivity index (χ0n) is 7.93. The van der Waals surface area contributed by atoms with Gasteiger partial charge in [-0.3, -0.25) is 0 Å². The van der Waals surface area contributed by atoms with Gasteiger partial charge in [-0.2, -0.15) is 0 Å². The van der Waals surface area contributed by atoms with E-state index in [1.54, 1.807) is 0 Å². The van der Waals surface area contributed by atoms with Crippen LogP contribution in [0.15, 0.2) is 48.6 Å². The van der Waals surface area contributed by atoms with Gasteiger partial charge in [0.1, 0.15) is 11.5 Å². The molecule has 0 spiro atoms. The van der Waals surface area contributed by atoms with E-state index in [4.69, 9.17) is 10.2 Å². The maximum Gasteiger partial charge on any atom is 0.115 e. The first-order valence-corrected chi connectivity index (χ1v) is 4.57. The molecule has 0 bridgehead atoms. The quantitative estimate of drug-likeness (QED) is 0.487. The third-order valence-electron chi connectivity index (χ3n) is 1.73. The number of hydrogen-bond donors (Lipinski definition) is 2. The van der Waals surface area contributed by atoms with Gasteiger partial charge in [0.2, 0.25) is 0 Å². The van der Waals surface area contributed by atoms with E-state index in [0.717, 1.165) is 12.8 Å². The van der Waals surface area contributed by atoms with Crippen molar-refractivity contribution >= 4 is 0 Å². The average Bonchev–Trinajstić information content (AvgIpc) is 2.26. The van der Waals surface area contributed by atoms with Crippen LogP contribution in [0, 0.1) is 0 Å². The molecule has 2 nitrogen and oxygen atoms in total. The molecule has 0 atom stereocenters. The summed E-state index contributed by atoms with van der Waals surface area (Å²) in [5.41, 5.74) is 0. The molecule has 0 saturated heterocycles. The van der Waals surface area contributed by atoms with Crippen LogP contribution in [-0.4, -0.2) is 10.2 Å². The van der Waals surface area contributed by atoms with E-state index in [1.807, 2.05) is 0 Å². The Morgan fingerprint density at radius 2 is 0.929 bits per heavy atom. The summed E-state index contributed by atoms with van der Waals surface area (Å²) in [5, 5.41) is 17.3. The summed E-state index contributed by atoms with van der Waals surface area (Å²) in [6.45, 7) is 0. The molecule has 2 rings (SSSR count). The minimum atomic E-state index is 0.169. The maximum absolute atomic E-state index is 8.65. The Balaban J connectivity index is 0.000000146. The van der Waals surface area contributed by atoms with Crippen LogP contribution >= 0.6 is 0 Å². The van der Waals surface area contributed by atoms with Crippen LogP contribution in [0.3, 0.4) is 0 Å². The molecule has 1 aliphatic rings. The molecule has 0 aliphatic heterocycles. The predicted octanol–water partition coefficient (Wildman–Crippen LogP) is 2.99. The lowest BCUT2D eigenvalue weighted by atomic mass is 10.2. The van der Waals surface area contributed by atoms with Gasteiger partial charge in [0.05, 0.1) is 0 Å². The lowest BCUT2D eigenvalue weighted by Gasteiger charge is -1.88. The van der Waals surface area contributed by atoms with E-state index in [1.165, 1.54) is 24.3 Å². The molecule has 0 amide bonds. The molecule has 2 N–H and O–H groups in total. The van der Waals surface area contributed by atoms with E-state index in [-0.39, 0.29) is 11.5 Å². The standard InChI is InChI=1S/C6H6O2.C6H8/c7-5-1-2-6(8)4-3-5;1-2-4-6-5-3-1/h1-4,7-8H;1-2,5-6H,3-4H2. The van der Waals surface area contributed by atoms with Crippen LogP contribution in [0.4, 0.5) is 0 Å². The van der Waals surface area contributed by atoms with E-state index in [9.17, 15) is 0 Å². The molecule has 0 unspecified atom stereocenters. The van der Waals surface area contributed by atoms with Crippen LogP contribution in [-0.2, 0) is 0 Å². The average molecular weight is 190 g/mol. The molecule has 0 heterocycles. The monoisotopic (exact) mass is 190 g/mol. The summed E-state index contributed by atoms with van der Waals surface area (Å²) in [5.74, 6) is 0.339. The number of aromatic hydroxyl groups is 2. The van der Waals surface area contributed by atoms with Crippen LogP contribution in [0.25, 0.3) is 0 Å². The Morgan fingerprint density at radius 1 is 0.643 bits per heavy atom. The Labute approximate surface area is 83.8 Å². The highest BCUT2D eigenvalue weighted by molar-refractivity contribution is 5.28. The van der Waals surface area contributed by atoms with E-state index >= 15 is 0 Å². The fraction of sp³-hybridized carbons (Fsp3) is 0.167. The number of phenols is 2. The van der Waals surface area contributed by atoms with Gasteiger partial charge in [-0.25, -0.2) is 0 Å². The highest BCUT2D eigenvalue weighted by atomic mass is 16.3. The third kappa shape index (κ3) is 4.36. The molecule has 1 aliphatic carbocycles. The molecule has 0 fully saturated rings. The van der Waals surface area contributed by atoms with Crippen molar-refractivity contribution in [3.05, 3.63) is 48.6 Å². The first-order valence-electron chi connectivity index (χ1n) is 4.57. The summed E-state index contributed by atoms with van der Waals surface area (Å²) in [6, 6.07) is 5.70. The van der Waals surface area contributed by atoms with Gasteiger partial charge in [-0.05, 0) is 37.1 Å².